The van der Waals surface area contributed by atoms with Crippen LogP contribution in [0.3, 0.4) is 0 Å². The minimum absolute atomic E-state index is 0.0636. The summed E-state index contributed by atoms with van der Waals surface area (Å²) in [4.78, 5) is 41.8. The van der Waals surface area contributed by atoms with Gasteiger partial charge in [-0.15, -0.1) is 0 Å². The maximum Gasteiger partial charge on any atom is 0.325 e. The molecule has 162 valence electrons. The van der Waals surface area contributed by atoms with E-state index in [1.807, 2.05) is 55.5 Å². The van der Waals surface area contributed by atoms with Crippen molar-refractivity contribution in [2.24, 2.45) is 0 Å². The fourth-order valence-electron chi connectivity index (χ4n) is 4.31. The fourth-order valence-corrected chi connectivity index (χ4v) is 4.31. The molecular weight excluding hydrogens is 394 g/mol. The topological polar surface area (TPSA) is 79.0 Å². The Bertz CT molecular complexity index is 1000. The molecule has 7 nitrogen and oxygen atoms in total. The van der Waals surface area contributed by atoms with E-state index in [9.17, 15) is 14.4 Å². The van der Waals surface area contributed by atoms with Gasteiger partial charge in [-0.1, -0.05) is 42.0 Å². The van der Waals surface area contributed by atoms with Crippen molar-refractivity contribution in [1.82, 2.24) is 15.1 Å². The minimum Gasteiger partial charge on any atom is -0.497 e. The second-order valence-electron chi connectivity index (χ2n) is 8.34. The number of hydrogen-bond donors (Lipinski definition) is 1. The van der Waals surface area contributed by atoms with Crippen LogP contribution in [0.2, 0.25) is 0 Å². The highest BCUT2D eigenvalue weighted by Gasteiger charge is 2.53. The van der Waals surface area contributed by atoms with E-state index in [1.165, 1.54) is 4.90 Å². The highest BCUT2D eigenvalue weighted by molar-refractivity contribution is 6.07. The lowest BCUT2D eigenvalue weighted by atomic mass is 9.88. The Labute approximate surface area is 182 Å². The van der Waals surface area contributed by atoms with E-state index < -0.39 is 11.6 Å². The van der Waals surface area contributed by atoms with Crippen molar-refractivity contribution >= 4 is 17.8 Å². The van der Waals surface area contributed by atoms with Gasteiger partial charge in [-0.05, 0) is 43.0 Å². The Balaban J connectivity index is 1.46. The van der Waals surface area contributed by atoms with Gasteiger partial charge in [-0.25, -0.2) is 4.79 Å². The number of methoxy groups -OCH3 is 1. The highest BCUT2D eigenvalue weighted by atomic mass is 16.5. The monoisotopic (exact) mass is 421 g/mol. The van der Waals surface area contributed by atoms with Gasteiger partial charge in [-0.2, -0.15) is 0 Å². The molecule has 1 N–H and O–H groups in total. The Hall–Kier alpha value is -3.35. The molecule has 2 aliphatic heterocycles. The Morgan fingerprint density at radius 3 is 2.65 bits per heavy atom. The molecule has 2 aromatic rings. The standard InChI is InChI=1S/C24H27N3O4/c1-17-7-9-18(10-8-17)15-27-22(29)24(25-23(27)30)11-4-12-26(16-24)21(28)14-19-5-3-6-20(13-19)31-2/h3,5-10,13H,4,11-12,14-16H2,1-2H3,(H,25,30). The van der Waals surface area contributed by atoms with E-state index >= 15 is 0 Å². The third-order valence-corrected chi connectivity index (χ3v) is 6.04. The molecule has 1 spiro atoms. The van der Waals surface area contributed by atoms with Crippen LogP contribution in [0, 0.1) is 6.92 Å². The van der Waals surface area contributed by atoms with Crippen molar-refractivity contribution in [3.05, 3.63) is 65.2 Å². The third kappa shape index (κ3) is 4.26. The number of carbonyl (C=O) groups excluding carboxylic acids is 3. The number of piperidine rings is 1. The van der Waals surface area contributed by atoms with Crippen molar-refractivity contribution in [2.45, 2.75) is 38.3 Å². The maximum atomic E-state index is 13.3. The minimum atomic E-state index is -1.04. The van der Waals surface area contributed by atoms with Gasteiger partial charge < -0.3 is 15.0 Å². The van der Waals surface area contributed by atoms with Gasteiger partial charge in [0.1, 0.15) is 11.3 Å². The van der Waals surface area contributed by atoms with Crippen molar-refractivity contribution in [3.63, 3.8) is 0 Å². The first kappa shape index (κ1) is 20.9. The van der Waals surface area contributed by atoms with Crippen LogP contribution >= 0.6 is 0 Å². The number of aryl methyl sites for hydroxylation is 1. The number of carbonyl (C=O) groups is 3. The number of nitrogens with zero attached hydrogens (tertiary/aromatic N) is 2. The van der Waals surface area contributed by atoms with E-state index in [1.54, 1.807) is 12.0 Å². The summed E-state index contributed by atoms with van der Waals surface area (Å²) in [6.45, 7) is 2.99. The summed E-state index contributed by atoms with van der Waals surface area (Å²) < 4.78 is 5.23. The van der Waals surface area contributed by atoms with E-state index in [0.29, 0.717) is 25.1 Å². The van der Waals surface area contributed by atoms with Gasteiger partial charge in [0.05, 0.1) is 26.6 Å². The summed E-state index contributed by atoms with van der Waals surface area (Å²) in [7, 11) is 1.59. The molecule has 4 rings (SSSR count). The van der Waals surface area contributed by atoms with Crippen LogP contribution in [-0.4, -0.2) is 53.4 Å². The zero-order chi connectivity index (χ0) is 22.0. The molecule has 0 saturated carbocycles. The quantitative estimate of drug-likeness (QED) is 0.753. The van der Waals surface area contributed by atoms with Gasteiger partial charge in [0.2, 0.25) is 5.91 Å². The second-order valence-corrected chi connectivity index (χ2v) is 8.34. The molecule has 31 heavy (non-hydrogen) atoms. The van der Waals surface area contributed by atoms with E-state index in [2.05, 4.69) is 5.32 Å². The molecule has 2 saturated heterocycles. The molecule has 0 aromatic heterocycles. The number of rotatable bonds is 5. The Morgan fingerprint density at radius 2 is 1.90 bits per heavy atom. The normalized spacial score (nSPS) is 20.8. The zero-order valence-electron chi connectivity index (χ0n) is 17.9. The van der Waals surface area contributed by atoms with Crippen LogP contribution < -0.4 is 10.1 Å². The summed E-state index contributed by atoms with van der Waals surface area (Å²) in [6.07, 6.45) is 1.42. The van der Waals surface area contributed by atoms with Crippen LogP contribution in [0.1, 0.15) is 29.5 Å². The van der Waals surface area contributed by atoms with Crippen LogP contribution in [0.15, 0.2) is 48.5 Å². The zero-order valence-corrected chi connectivity index (χ0v) is 17.9. The summed E-state index contributed by atoms with van der Waals surface area (Å²) in [6, 6.07) is 14.8. The summed E-state index contributed by atoms with van der Waals surface area (Å²) >= 11 is 0. The van der Waals surface area contributed by atoms with Gasteiger partial charge in [0.25, 0.3) is 5.91 Å². The van der Waals surface area contributed by atoms with Crippen LogP contribution in [0.25, 0.3) is 0 Å². The number of benzene rings is 2. The maximum absolute atomic E-state index is 13.3. The first-order valence-electron chi connectivity index (χ1n) is 10.5. The van der Waals surface area contributed by atoms with Crippen LogP contribution in [0.5, 0.6) is 5.75 Å². The molecular formula is C24H27N3O4. The first-order valence-corrected chi connectivity index (χ1v) is 10.5. The fraction of sp³-hybridized carbons (Fsp3) is 0.375. The SMILES string of the molecule is COc1cccc(CC(=O)N2CCCC3(C2)NC(=O)N(Cc2ccc(C)cc2)C3=O)c1. The number of hydrogen-bond acceptors (Lipinski definition) is 4. The first-order chi connectivity index (χ1) is 14.9. The van der Waals surface area contributed by atoms with Gasteiger partial charge >= 0.3 is 6.03 Å². The van der Waals surface area contributed by atoms with E-state index in [4.69, 9.17) is 4.74 Å². The summed E-state index contributed by atoms with van der Waals surface area (Å²) in [5.41, 5.74) is 1.83. The molecule has 0 bridgehead atoms. The van der Waals surface area contributed by atoms with Gasteiger partial charge in [0.15, 0.2) is 0 Å². The average Bonchev–Trinajstić information content (AvgIpc) is 2.99. The average molecular weight is 421 g/mol. The smallest absolute Gasteiger partial charge is 0.325 e. The second kappa shape index (κ2) is 8.41. The van der Waals surface area contributed by atoms with Gasteiger partial charge in [0, 0.05) is 6.54 Å². The van der Waals surface area contributed by atoms with E-state index in [0.717, 1.165) is 16.7 Å². The number of imide groups is 1. The molecule has 1 unspecified atom stereocenters. The summed E-state index contributed by atoms with van der Waals surface area (Å²) in [5.74, 6) is 0.383. The number of likely N-dealkylation sites (tertiary alicyclic amines) is 1. The molecule has 0 aliphatic carbocycles. The Kier molecular flexibility index (Phi) is 5.67. The van der Waals surface area contributed by atoms with Crippen molar-refractivity contribution in [1.29, 1.82) is 0 Å². The lowest BCUT2D eigenvalue weighted by Gasteiger charge is -2.38. The number of nitrogens with one attached hydrogen (secondary N) is 1. The highest BCUT2D eigenvalue weighted by Crippen LogP contribution is 2.30. The number of urea groups is 1. The molecule has 1 atom stereocenters. The van der Waals surface area contributed by atoms with E-state index in [-0.39, 0.29) is 31.3 Å². The molecule has 2 aromatic carbocycles. The van der Waals surface area contributed by atoms with Crippen molar-refractivity contribution < 1.29 is 19.1 Å². The third-order valence-electron chi connectivity index (χ3n) is 6.04. The van der Waals surface area contributed by atoms with Crippen molar-refractivity contribution in [2.75, 3.05) is 20.2 Å². The molecule has 2 aliphatic rings. The molecule has 2 fully saturated rings. The lowest BCUT2D eigenvalue weighted by molar-refractivity contribution is -0.138. The predicted molar refractivity (Wildman–Crippen MR) is 116 cm³/mol. The molecule has 0 radical (unpaired) electrons. The summed E-state index contributed by atoms with van der Waals surface area (Å²) in [5, 5.41) is 2.89. The lowest BCUT2D eigenvalue weighted by Crippen LogP contribution is -2.59. The van der Waals surface area contributed by atoms with Crippen LogP contribution in [-0.2, 0) is 22.6 Å². The number of amides is 4. The Morgan fingerprint density at radius 1 is 1.13 bits per heavy atom. The predicted octanol–water partition coefficient (Wildman–Crippen LogP) is 2.66. The molecule has 4 amide bonds. The van der Waals surface area contributed by atoms with Crippen molar-refractivity contribution in [3.8, 4) is 5.75 Å². The molecule has 7 heteroatoms. The molecule has 2 heterocycles. The largest absolute Gasteiger partial charge is 0.497 e. The van der Waals surface area contributed by atoms with Crippen LogP contribution in [0.4, 0.5) is 4.79 Å². The number of ether oxygens (including phenoxy) is 1. The van der Waals surface area contributed by atoms with Gasteiger partial charge in [-0.3, -0.25) is 14.5 Å².